The Hall–Kier alpha value is -0.820. The zero-order chi connectivity index (χ0) is 15.0. The molecule has 0 spiro atoms. The van der Waals surface area contributed by atoms with Gasteiger partial charge in [-0.2, -0.15) is 4.31 Å². The Kier molecular flexibility index (Phi) is 4.30. The molecular weight excluding hydrogens is 300 g/mol. The first-order chi connectivity index (χ1) is 9.22. The van der Waals surface area contributed by atoms with Crippen LogP contribution in [0.15, 0.2) is 23.1 Å². The molecule has 1 unspecified atom stereocenters. The van der Waals surface area contributed by atoms with Gasteiger partial charge in [-0.3, -0.25) is 0 Å². The SMILES string of the molecule is CC1(O)CCCN(S(=O)(=O)c2cc(N)ccc2Cl)CC1. The summed E-state index contributed by atoms with van der Waals surface area (Å²) in [5, 5.41) is 10.2. The van der Waals surface area contributed by atoms with Gasteiger partial charge in [0, 0.05) is 18.8 Å². The van der Waals surface area contributed by atoms with Crippen LogP contribution in [0, 0.1) is 0 Å². The monoisotopic (exact) mass is 318 g/mol. The average Bonchev–Trinajstić information content (AvgIpc) is 2.53. The van der Waals surface area contributed by atoms with Gasteiger partial charge in [-0.15, -0.1) is 0 Å². The van der Waals surface area contributed by atoms with Crippen molar-refractivity contribution in [2.24, 2.45) is 0 Å². The summed E-state index contributed by atoms with van der Waals surface area (Å²) in [5.41, 5.74) is 5.19. The zero-order valence-corrected chi connectivity index (χ0v) is 12.9. The number of nitrogens with zero attached hydrogens (tertiary/aromatic N) is 1. The summed E-state index contributed by atoms with van der Waals surface area (Å²) in [4.78, 5) is 0.0284. The lowest BCUT2D eigenvalue weighted by molar-refractivity contribution is 0.0465. The normalized spacial score (nSPS) is 25.4. The summed E-state index contributed by atoms with van der Waals surface area (Å²) in [6.45, 7) is 2.39. The molecular formula is C13H19ClN2O3S. The van der Waals surface area contributed by atoms with Crippen molar-refractivity contribution < 1.29 is 13.5 Å². The maximum absolute atomic E-state index is 12.6. The van der Waals surface area contributed by atoms with Crippen molar-refractivity contribution in [2.75, 3.05) is 18.8 Å². The highest BCUT2D eigenvalue weighted by atomic mass is 35.5. The highest BCUT2D eigenvalue weighted by Gasteiger charge is 2.32. The Balaban J connectivity index is 2.33. The molecule has 20 heavy (non-hydrogen) atoms. The summed E-state index contributed by atoms with van der Waals surface area (Å²) in [6.07, 6.45) is 1.61. The molecule has 1 atom stereocenters. The van der Waals surface area contributed by atoms with E-state index in [2.05, 4.69) is 0 Å². The summed E-state index contributed by atoms with van der Waals surface area (Å²) in [5.74, 6) is 0. The van der Waals surface area contributed by atoms with Crippen molar-refractivity contribution in [3.8, 4) is 0 Å². The number of nitrogen functional groups attached to an aromatic ring is 1. The van der Waals surface area contributed by atoms with E-state index in [4.69, 9.17) is 17.3 Å². The molecule has 1 saturated heterocycles. The smallest absolute Gasteiger partial charge is 0.244 e. The van der Waals surface area contributed by atoms with E-state index in [1.54, 1.807) is 13.0 Å². The second-order valence-corrected chi connectivity index (χ2v) is 7.76. The maximum Gasteiger partial charge on any atom is 0.244 e. The molecule has 0 aromatic heterocycles. The molecule has 3 N–H and O–H groups in total. The van der Waals surface area contributed by atoms with Crippen LogP contribution in [-0.2, 0) is 10.0 Å². The van der Waals surface area contributed by atoms with Gasteiger partial charge in [0.1, 0.15) is 4.90 Å². The molecule has 7 heteroatoms. The minimum absolute atomic E-state index is 0.0284. The Bertz CT molecular complexity index is 602. The number of halogens is 1. The van der Waals surface area contributed by atoms with Crippen LogP contribution in [0.4, 0.5) is 5.69 Å². The molecule has 0 radical (unpaired) electrons. The Morgan fingerprint density at radius 2 is 2.05 bits per heavy atom. The summed E-state index contributed by atoms with van der Waals surface area (Å²) >= 11 is 5.99. The zero-order valence-electron chi connectivity index (χ0n) is 11.3. The van der Waals surface area contributed by atoms with Crippen molar-refractivity contribution in [1.29, 1.82) is 0 Å². The van der Waals surface area contributed by atoms with Crippen molar-refractivity contribution >= 4 is 27.3 Å². The maximum atomic E-state index is 12.6. The molecule has 1 aromatic rings. The first kappa shape index (κ1) is 15.6. The van der Waals surface area contributed by atoms with Gasteiger partial charge >= 0.3 is 0 Å². The molecule has 1 aromatic carbocycles. The number of nitrogens with two attached hydrogens (primary N) is 1. The number of rotatable bonds is 2. The van der Waals surface area contributed by atoms with Gasteiger partial charge in [-0.25, -0.2) is 8.42 Å². The second-order valence-electron chi connectivity index (χ2n) is 5.44. The third kappa shape index (κ3) is 3.25. The van der Waals surface area contributed by atoms with Gasteiger partial charge in [0.15, 0.2) is 0 Å². The molecule has 1 aliphatic heterocycles. The topological polar surface area (TPSA) is 83.6 Å². The van der Waals surface area contributed by atoms with E-state index in [1.807, 2.05) is 0 Å². The molecule has 5 nitrogen and oxygen atoms in total. The minimum Gasteiger partial charge on any atom is -0.399 e. The number of hydrogen-bond donors (Lipinski definition) is 2. The largest absolute Gasteiger partial charge is 0.399 e. The third-order valence-electron chi connectivity index (χ3n) is 3.60. The number of aliphatic hydroxyl groups is 1. The fraction of sp³-hybridized carbons (Fsp3) is 0.538. The van der Waals surface area contributed by atoms with E-state index in [0.29, 0.717) is 31.5 Å². The Morgan fingerprint density at radius 1 is 1.35 bits per heavy atom. The van der Waals surface area contributed by atoms with Gasteiger partial charge in [0.25, 0.3) is 0 Å². The van der Waals surface area contributed by atoms with Gasteiger partial charge in [0.05, 0.1) is 10.6 Å². The van der Waals surface area contributed by atoms with E-state index >= 15 is 0 Å². The average molecular weight is 319 g/mol. The fourth-order valence-electron chi connectivity index (χ4n) is 2.34. The molecule has 0 bridgehead atoms. The van der Waals surface area contributed by atoms with E-state index in [9.17, 15) is 13.5 Å². The predicted molar refractivity (Wildman–Crippen MR) is 79.1 cm³/mol. The lowest BCUT2D eigenvalue weighted by Gasteiger charge is -2.22. The van der Waals surface area contributed by atoms with Crippen LogP contribution in [-0.4, -0.2) is 36.5 Å². The van der Waals surface area contributed by atoms with E-state index in [1.165, 1.54) is 16.4 Å². The van der Waals surface area contributed by atoms with E-state index in [0.717, 1.165) is 0 Å². The number of anilines is 1. The van der Waals surface area contributed by atoms with Crippen molar-refractivity contribution in [3.63, 3.8) is 0 Å². The number of sulfonamides is 1. The standard InChI is InChI=1S/C13H19ClN2O3S/c1-13(17)5-2-7-16(8-6-13)20(18,19)12-9-10(15)3-4-11(12)14/h3-4,9,17H,2,5-8,15H2,1H3. The molecule has 0 amide bonds. The van der Waals surface area contributed by atoms with Crippen LogP contribution in [0.3, 0.4) is 0 Å². The summed E-state index contributed by atoms with van der Waals surface area (Å²) in [6, 6.07) is 4.42. The Morgan fingerprint density at radius 3 is 2.75 bits per heavy atom. The molecule has 0 aliphatic carbocycles. The highest BCUT2D eigenvalue weighted by molar-refractivity contribution is 7.89. The third-order valence-corrected chi connectivity index (χ3v) is 5.98. The van der Waals surface area contributed by atoms with Crippen LogP contribution in [0.25, 0.3) is 0 Å². The first-order valence-electron chi connectivity index (χ1n) is 6.50. The molecule has 1 heterocycles. The number of hydrogen-bond acceptors (Lipinski definition) is 4. The second kappa shape index (κ2) is 5.52. The van der Waals surface area contributed by atoms with Crippen molar-refractivity contribution in [3.05, 3.63) is 23.2 Å². The number of benzene rings is 1. The minimum atomic E-state index is -3.68. The quantitative estimate of drug-likeness (QED) is 0.815. The summed E-state index contributed by atoms with van der Waals surface area (Å²) < 4.78 is 26.6. The highest BCUT2D eigenvalue weighted by Crippen LogP contribution is 2.30. The van der Waals surface area contributed by atoms with Crippen molar-refractivity contribution in [1.82, 2.24) is 4.31 Å². The molecule has 1 aliphatic rings. The van der Waals surface area contributed by atoms with Gasteiger partial charge in [-0.1, -0.05) is 11.6 Å². The van der Waals surface area contributed by atoms with Crippen LogP contribution >= 0.6 is 11.6 Å². The molecule has 112 valence electrons. The lowest BCUT2D eigenvalue weighted by Crippen LogP contribution is -2.33. The Labute approximate surface area is 124 Å². The van der Waals surface area contributed by atoms with Gasteiger partial charge < -0.3 is 10.8 Å². The fourth-order valence-corrected chi connectivity index (χ4v) is 4.32. The van der Waals surface area contributed by atoms with Crippen LogP contribution in [0.5, 0.6) is 0 Å². The molecule has 1 fully saturated rings. The van der Waals surface area contributed by atoms with E-state index in [-0.39, 0.29) is 16.5 Å². The predicted octanol–water partition coefficient (Wildman–Crippen LogP) is 1.85. The first-order valence-corrected chi connectivity index (χ1v) is 8.32. The molecule has 2 rings (SSSR count). The van der Waals surface area contributed by atoms with Gasteiger partial charge in [0.2, 0.25) is 10.0 Å². The van der Waals surface area contributed by atoms with Crippen molar-refractivity contribution in [2.45, 2.75) is 36.7 Å². The van der Waals surface area contributed by atoms with E-state index < -0.39 is 15.6 Å². The molecule has 0 saturated carbocycles. The lowest BCUT2D eigenvalue weighted by atomic mass is 9.98. The van der Waals surface area contributed by atoms with Gasteiger partial charge in [-0.05, 0) is 44.4 Å². The van der Waals surface area contributed by atoms with Crippen LogP contribution in [0.1, 0.15) is 26.2 Å². The van der Waals surface area contributed by atoms with Crippen LogP contribution in [0.2, 0.25) is 5.02 Å². The van der Waals surface area contributed by atoms with Crippen LogP contribution < -0.4 is 5.73 Å². The summed E-state index contributed by atoms with van der Waals surface area (Å²) in [7, 11) is -3.68.